The van der Waals surface area contributed by atoms with Crippen molar-refractivity contribution < 1.29 is 9.53 Å². The molecule has 0 heterocycles. The van der Waals surface area contributed by atoms with Crippen molar-refractivity contribution in [2.24, 2.45) is 0 Å². The molecular formula is C20H25NO2S2. The van der Waals surface area contributed by atoms with E-state index in [1.54, 1.807) is 18.9 Å². The quantitative estimate of drug-likeness (QED) is 0.516. The van der Waals surface area contributed by atoms with Gasteiger partial charge in [-0.05, 0) is 43.7 Å². The SMILES string of the molecule is COc1ccc(SC(C)C(=O)NCCSCc2cccc(C)c2)cc1. The highest BCUT2D eigenvalue weighted by atomic mass is 32.2. The van der Waals surface area contributed by atoms with Crippen LogP contribution in [0.1, 0.15) is 18.1 Å². The maximum absolute atomic E-state index is 12.2. The second-order valence-corrected chi connectivity index (χ2v) is 8.29. The summed E-state index contributed by atoms with van der Waals surface area (Å²) in [5.41, 5.74) is 2.62. The molecule has 1 atom stereocenters. The topological polar surface area (TPSA) is 38.3 Å². The Morgan fingerprint density at radius 3 is 2.64 bits per heavy atom. The maximum atomic E-state index is 12.2. The first-order valence-electron chi connectivity index (χ1n) is 8.30. The van der Waals surface area contributed by atoms with Gasteiger partial charge < -0.3 is 10.1 Å². The minimum absolute atomic E-state index is 0.0805. The zero-order valence-electron chi connectivity index (χ0n) is 15.0. The first kappa shape index (κ1) is 19.7. The van der Waals surface area contributed by atoms with Gasteiger partial charge in [0.2, 0.25) is 5.91 Å². The number of benzene rings is 2. The number of thioether (sulfide) groups is 2. The fourth-order valence-corrected chi connectivity index (χ4v) is 3.99. The van der Waals surface area contributed by atoms with Crippen molar-refractivity contribution in [1.29, 1.82) is 0 Å². The van der Waals surface area contributed by atoms with Crippen LogP contribution in [-0.2, 0) is 10.5 Å². The monoisotopic (exact) mass is 375 g/mol. The molecule has 1 amide bonds. The molecule has 0 bridgehead atoms. The molecule has 2 rings (SSSR count). The summed E-state index contributed by atoms with van der Waals surface area (Å²) >= 11 is 3.40. The van der Waals surface area contributed by atoms with Crippen LogP contribution in [0, 0.1) is 6.92 Å². The first-order valence-corrected chi connectivity index (χ1v) is 10.3. The van der Waals surface area contributed by atoms with Crippen molar-refractivity contribution in [3.8, 4) is 5.75 Å². The molecule has 0 aliphatic carbocycles. The Kier molecular flexibility index (Phi) is 8.22. The van der Waals surface area contributed by atoms with Gasteiger partial charge in [0.1, 0.15) is 5.75 Å². The molecule has 3 nitrogen and oxygen atoms in total. The summed E-state index contributed by atoms with van der Waals surface area (Å²) in [6.45, 7) is 4.74. The summed E-state index contributed by atoms with van der Waals surface area (Å²) in [5.74, 6) is 2.80. The van der Waals surface area contributed by atoms with E-state index in [0.717, 1.165) is 22.2 Å². The van der Waals surface area contributed by atoms with Crippen molar-refractivity contribution in [3.63, 3.8) is 0 Å². The Morgan fingerprint density at radius 1 is 1.20 bits per heavy atom. The van der Waals surface area contributed by atoms with Gasteiger partial charge in [0.15, 0.2) is 0 Å². The molecule has 1 unspecified atom stereocenters. The van der Waals surface area contributed by atoms with Crippen LogP contribution >= 0.6 is 23.5 Å². The van der Waals surface area contributed by atoms with Crippen molar-refractivity contribution in [2.75, 3.05) is 19.4 Å². The minimum atomic E-state index is -0.116. The van der Waals surface area contributed by atoms with Crippen molar-refractivity contribution in [1.82, 2.24) is 5.32 Å². The molecule has 0 fully saturated rings. The van der Waals surface area contributed by atoms with Gasteiger partial charge in [-0.15, -0.1) is 11.8 Å². The fraction of sp³-hybridized carbons (Fsp3) is 0.350. The summed E-state index contributed by atoms with van der Waals surface area (Å²) in [7, 11) is 1.65. The summed E-state index contributed by atoms with van der Waals surface area (Å²) < 4.78 is 5.15. The number of methoxy groups -OCH3 is 1. The third-order valence-corrected chi connectivity index (χ3v) is 5.78. The van der Waals surface area contributed by atoms with Crippen LogP contribution < -0.4 is 10.1 Å². The van der Waals surface area contributed by atoms with Crippen molar-refractivity contribution in [3.05, 3.63) is 59.7 Å². The van der Waals surface area contributed by atoms with Crippen LogP contribution in [0.15, 0.2) is 53.4 Å². The van der Waals surface area contributed by atoms with Gasteiger partial charge in [-0.25, -0.2) is 0 Å². The summed E-state index contributed by atoms with van der Waals surface area (Å²) in [6.07, 6.45) is 0. The van der Waals surface area contributed by atoms with Gasteiger partial charge in [-0.3, -0.25) is 4.79 Å². The Balaban J connectivity index is 1.65. The lowest BCUT2D eigenvalue weighted by atomic mass is 10.2. The molecule has 0 aliphatic rings. The van der Waals surface area contributed by atoms with Crippen LogP contribution in [0.5, 0.6) is 5.75 Å². The molecule has 0 saturated heterocycles. The lowest BCUT2D eigenvalue weighted by Gasteiger charge is -2.12. The summed E-state index contributed by atoms with van der Waals surface area (Å²) in [5, 5.41) is 2.90. The highest BCUT2D eigenvalue weighted by molar-refractivity contribution is 8.00. The number of carbonyl (C=O) groups is 1. The smallest absolute Gasteiger partial charge is 0.233 e. The Hall–Kier alpha value is -1.59. The molecule has 25 heavy (non-hydrogen) atoms. The van der Waals surface area contributed by atoms with E-state index in [0.29, 0.717) is 6.54 Å². The lowest BCUT2D eigenvalue weighted by molar-refractivity contribution is -0.120. The van der Waals surface area contributed by atoms with E-state index in [-0.39, 0.29) is 11.2 Å². The van der Waals surface area contributed by atoms with Gasteiger partial charge in [0.25, 0.3) is 0 Å². The molecule has 1 N–H and O–H groups in total. The molecule has 0 saturated carbocycles. The van der Waals surface area contributed by atoms with Gasteiger partial charge in [-0.2, -0.15) is 11.8 Å². The first-order chi connectivity index (χ1) is 12.1. The van der Waals surface area contributed by atoms with Gasteiger partial charge in [-0.1, -0.05) is 29.8 Å². The molecule has 0 aliphatic heterocycles. The van der Waals surface area contributed by atoms with Crippen LogP contribution in [0.4, 0.5) is 0 Å². The highest BCUT2D eigenvalue weighted by Crippen LogP contribution is 2.25. The van der Waals surface area contributed by atoms with E-state index in [4.69, 9.17) is 4.74 Å². The van der Waals surface area contributed by atoms with Crippen LogP contribution in [0.3, 0.4) is 0 Å². The number of amides is 1. The van der Waals surface area contributed by atoms with Crippen LogP contribution in [0.25, 0.3) is 0 Å². The minimum Gasteiger partial charge on any atom is -0.497 e. The second kappa shape index (κ2) is 10.4. The average Bonchev–Trinajstić information content (AvgIpc) is 2.62. The van der Waals surface area contributed by atoms with E-state index in [9.17, 15) is 4.79 Å². The van der Waals surface area contributed by atoms with Crippen LogP contribution in [-0.4, -0.2) is 30.6 Å². The molecule has 2 aromatic rings. The Morgan fingerprint density at radius 2 is 1.96 bits per heavy atom. The normalized spacial score (nSPS) is 11.8. The number of hydrogen-bond donors (Lipinski definition) is 1. The molecule has 0 aromatic heterocycles. The highest BCUT2D eigenvalue weighted by Gasteiger charge is 2.13. The lowest BCUT2D eigenvalue weighted by Crippen LogP contribution is -2.32. The fourth-order valence-electron chi connectivity index (χ4n) is 2.29. The third-order valence-electron chi connectivity index (χ3n) is 3.64. The van der Waals surface area contributed by atoms with E-state index in [1.807, 2.05) is 43.0 Å². The van der Waals surface area contributed by atoms with Crippen molar-refractivity contribution >= 4 is 29.4 Å². The van der Waals surface area contributed by atoms with Gasteiger partial charge >= 0.3 is 0 Å². The zero-order chi connectivity index (χ0) is 18.1. The maximum Gasteiger partial charge on any atom is 0.233 e. The third kappa shape index (κ3) is 7.04. The second-order valence-electron chi connectivity index (χ2n) is 5.77. The molecule has 2 aromatic carbocycles. The van der Waals surface area contributed by atoms with E-state index in [1.165, 1.54) is 11.1 Å². The Labute approximate surface area is 158 Å². The predicted molar refractivity (Wildman–Crippen MR) is 109 cm³/mol. The standard InChI is InChI=1S/C20H25NO2S2/c1-15-5-4-6-17(13-15)14-24-12-11-21-20(22)16(2)25-19-9-7-18(23-3)8-10-19/h4-10,13,16H,11-12,14H2,1-3H3,(H,21,22). The summed E-state index contributed by atoms with van der Waals surface area (Å²) in [6, 6.07) is 16.3. The molecular weight excluding hydrogens is 350 g/mol. The predicted octanol–water partition coefficient (Wildman–Crippen LogP) is 4.53. The Bertz CT molecular complexity index is 674. The number of aryl methyl sites for hydroxylation is 1. The zero-order valence-corrected chi connectivity index (χ0v) is 16.6. The molecule has 5 heteroatoms. The largest absolute Gasteiger partial charge is 0.497 e. The van der Waals surface area contributed by atoms with E-state index >= 15 is 0 Å². The van der Waals surface area contributed by atoms with Gasteiger partial charge in [0.05, 0.1) is 12.4 Å². The van der Waals surface area contributed by atoms with Crippen LogP contribution in [0.2, 0.25) is 0 Å². The number of ether oxygens (including phenoxy) is 1. The molecule has 134 valence electrons. The van der Waals surface area contributed by atoms with E-state index < -0.39 is 0 Å². The number of carbonyl (C=O) groups excluding carboxylic acids is 1. The average molecular weight is 376 g/mol. The van der Waals surface area contributed by atoms with Crippen molar-refractivity contribution in [2.45, 2.75) is 29.7 Å². The number of hydrogen-bond acceptors (Lipinski definition) is 4. The molecule has 0 spiro atoms. The molecule has 0 radical (unpaired) electrons. The van der Waals surface area contributed by atoms with Gasteiger partial charge in [0, 0.05) is 22.9 Å². The van der Waals surface area contributed by atoms with E-state index in [2.05, 4.69) is 36.5 Å². The summed E-state index contributed by atoms with van der Waals surface area (Å²) in [4.78, 5) is 13.2. The number of rotatable bonds is 9. The number of nitrogens with one attached hydrogen (secondary N) is 1.